The molecule has 0 unspecified atom stereocenters. The molecule has 1 aliphatic rings. The van der Waals surface area contributed by atoms with Crippen LogP contribution in [0.25, 0.3) is 0 Å². The van der Waals surface area contributed by atoms with Crippen molar-refractivity contribution in [1.82, 2.24) is 4.90 Å². The third-order valence-corrected chi connectivity index (χ3v) is 2.53. The van der Waals surface area contributed by atoms with Crippen LogP contribution >= 0.6 is 0 Å². The summed E-state index contributed by atoms with van der Waals surface area (Å²) in [5, 5.41) is 6.89. The molecule has 0 radical (unpaired) electrons. The van der Waals surface area contributed by atoms with E-state index in [0.29, 0.717) is 11.3 Å². The lowest BCUT2D eigenvalue weighted by Gasteiger charge is -2.15. The highest BCUT2D eigenvalue weighted by Crippen LogP contribution is 2.14. The van der Waals surface area contributed by atoms with Gasteiger partial charge < -0.3 is 15.7 Å². The number of likely N-dealkylation sites (tertiary alicyclic amines) is 1. The van der Waals surface area contributed by atoms with Gasteiger partial charge in [0.05, 0.1) is 0 Å². The van der Waals surface area contributed by atoms with Crippen LogP contribution in [0.3, 0.4) is 0 Å². The summed E-state index contributed by atoms with van der Waals surface area (Å²) in [5.41, 5.74) is 6.97. The molecule has 5 nitrogen and oxygen atoms in total. The predicted molar refractivity (Wildman–Crippen MR) is 64.7 cm³/mol. The van der Waals surface area contributed by atoms with Gasteiger partial charge >= 0.3 is 0 Å². The van der Waals surface area contributed by atoms with Crippen LogP contribution in [0.15, 0.2) is 24.3 Å². The molecule has 0 spiro atoms. The molecule has 0 aromatic heterocycles. The largest absolute Gasteiger partial charge is 0.483 e. The molecule has 1 aliphatic heterocycles. The van der Waals surface area contributed by atoms with Crippen molar-refractivity contribution in [3.8, 4) is 0 Å². The smallest absolute Gasteiger partial charge is 0.290 e. The second kappa shape index (κ2) is 6.52. The van der Waals surface area contributed by atoms with Crippen molar-refractivity contribution in [2.75, 3.05) is 18.8 Å². The number of nitrogens with zero attached hydrogens (tertiary/aromatic N) is 1. The fraction of sp³-hybridized carbons (Fsp3) is 0.333. The van der Waals surface area contributed by atoms with Crippen molar-refractivity contribution in [2.24, 2.45) is 0 Å². The summed E-state index contributed by atoms with van der Waals surface area (Å²) >= 11 is 0. The summed E-state index contributed by atoms with van der Waals surface area (Å²) < 4.78 is 0. The minimum atomic E-state index is -0.250. The van der Waals surface area contributed by atoms with Crippen LogP contribution in [-0.2, 0) is 4.79 Å². The van der Waals surface area contributed by atoms with Crippen LogP contribution in [0.4, 0.5) is 5.69 Å². The van der Waals surface area contributed by atoms with Crippen LogP contribution in [0.1, 0.15) is 23.2 Å². The molecule has 2 rings (SSSR count). The van der Waals surface area contributed by atoms with E-state index >= 15 is 0 Å². The average molecular weight is 236 g/mol. The van der Waals surface area contributed by atoms with Gasteiger partial charge in [0.25, 0.3) is 12.4 Å². The number of carbonyl (C=O) groups is 2. The quantitative estimate of drug-likeness (QED) is 0.567. The number of hydrogen-bond donors (Lipinski definition) is 2. The van der Waals surface area contributed by atoms with E-state index in [-0.39, 0.29) is 12.4 Å². The van der Waals surface area contributed by atoms with Gasteiger partial charge in [0, 0.05) is 24.3 Å². The molecule has 3 N–H and O–H groups in total. The molecular formula is C12H16N2O3. The van der Waals surface area contributed by atoms with Crippen LogP contribution in [-0.4, -0.2) is 35.5 Å². The highest BCUT2D eigenvalue weighted by Gasteiger charge is 2.18. The van der Waals surface area contributed by atoms with E-state index in [4.69, 9.17) is 15.6 Å². The minimum absolute atomic E-state index is 0.106. The second-order valence-electron chi connectivity index (χ2n) is 3.73. The van der Waals surface area contributed by atoms with E-state index in [1.54, 1.807) is 12.1 Å². The van der Waals surface area contributed by atoms with Gasteiger partial charge in [-0.3, -0.25) is 9.59 Å². The Hall–Kier alpha value is -2.04. The maximum absolute atomic E-state index is 11.9. The molecular weight excluding hydrogens is 220 g/mol. The number of anilines is 1. The summed E-state index contributed by atoms with van der Waals surface area (Å²) in [5.74, 6) is 0.106. The Balaban J connectivity index is 0.000000437. The third-order valence-electron chi connectivity index (χ3n) is 2.53. The molecule has 0 saturated carbocycles. The van der Waals surface area contributed by atoms with Gasteiger partial charge in [-0.25, -0.2) is 0 Å². The third kappa shape index (κ3) is 3.79. The van der Waals surface area contributed by atoms with Crippen molar-refractivity contribution < 1.29 is 14.7 Å². The first-order valence-corrected chi connectivity index (χ1v) is 5.41. The van der Waals surface area contributed by atoms with E-state index in [1.807, 2.05) is 17.0 Å². The summed E-state index contributed by atoms with van der Waals surface area (Å²) in [6.45, 7) is 1.52. The molecule has 0 aliphatic carbocycles. The van der Waals surface area contributed by atoms with Crippen molar-refractivity contribution in [3.05, 3.63) is 29.8 Å². The topological polar surface area (TPSA) is 83.6 Å². The molecule has 1 heterocycles. The van der Waals surface area contributed by atoms with Crippen LogP contribution in [0.2, 0.25) is 0 Å². The molecule has 0 atom stereocenters. The Bertz CT molecular complexity index is 387. The number of benzene rings is 1. The van der Waals surface area contributed by atoms with Gasteiger partial charge in [-0.15, -0.1) is 0 Å². The molecule has 0 bridgehead atoms. The Morgan fingerprint density at radius 3 is 2.47 bits per heavy atom. The van der Waals surface area contributed by atoms with Crippen LogP contribution in [0.5, 0.6) is 0 Å². The Morgan fingerprint density at radius 1 is 1.35 bits per heavy atom. The number of rotatable bonds is 1. The van der Waals surface area contributed by atoms with Gasteiger partial charge in [0.2, 0.25) is 0 Å². The SMILES string of the molecule is Nc1cccc(C(=O)N2CCCC2)c1.O=CO. The fourth-order valence-electron chi connectivity index (χ4n) is 1.77. The number of hydrogen-bond acceptors (Lipinski definition) is 3. The monoisotopic (exact) mass is 236 g/mol. The van der Waals surface area contributed by atoms with Gasteiger partial charge in [-0.2, -0.15) is 0 Å². The molecule has 1 aromatic rings. The maximum atomic E-state index is 11.9. The van der Waals surface area contributed by atoms with Crippen molar-refractivity contribution >= 4 is 18.1 Å². The lowest BCUT2D eigenvalue weighted by atomic mass is 10.2. The number of nitrogens with two attached hydrogens (primary N) is 1. The number of nitrogen functional groups attached to an aromatic ring is 1. The van der Waals surface area contributed by atoms with E-state index in [9.17, 15) is 4.79 Å². The minimum Gasteiger partial charge on any atom is -0.483 e. The molecule has 1 saturated heterocycles. The van der Waals surface area contributed by atoms with Crippen LogP contribution < -0.4 is 5.73 Å². The standard InChI is InChI=1S/C11H14N2O.CH2O2/c12-10-5-3-4-9(8-10)11(14)13-6-1-2-7-13;2-1-3/h3-5,8H,1-2,6-7,12H2;1H,(H,2,3). The lowest BCUT2D eigenvalue weighted by molar-refractivity contribution is -0.122. The highest BCUT2D eigenvalue weighted by atomic mass is 16.3. The number of carbonyl (C=O) groups excluding carboxylic acids is 1. The van der Waals surface area contributed by atoms with E-state index in [1.165, 1.54) is 0 Å². The normalized spacial score (nSPS) is 13.8. The molecule has 1 amide bonds. The zero-order valence-corrected chi connectivity index (χ0v) is 9.50. The first-order valence-electron chi connectivity index (χ1n) is 5.41. The lowest BCUT2D eigenvalue weighted by Crippen LogP contribution is -2.27. The first-order chi connectivity index (χ1) is 8.19. The van der Waals surface area contributed by atoms with Crippen molar-refractivity contribution in [2.45, 2.75) is 12.8 Å². The fourth-order valence-corrected chi connectivity index (χ4v) is 1.77. The summed E-state index contributed by atoms with van der Waals surface area (Å²) in [4.78, 5) is 22.1. The molecule has 1 aromatic carbocycles. The summed E-state index contributed by atoms with van der Waals surface area (Å²) in [6.07, 6.45) is 2.24. The Labute approximate surface area is 99.8 Å². The van der Waals surface area contributed by atoms with Gasteiger partial charge in [-0.1, -0.05) is 6.07 Å². The second-order valence-corrected chi connectivity index (χ2v) is 3.73. The average Bonchev–Trinajstić information content (AvgIpc) is 2.82. The van der Waals surface area contributed by atoms with Gasteiger partial charge in [0.1, 0.15) is 0 Å². The Morgan fingerprint density at radius 2 is 1.94 bits per heavy atom. The molecule has 17 heavy (non-hydrogen) atoms. The number of amides is 1. The first kappa shape index (κ1) is 13.0. The highest BCUT2D eigenvalue weighted by molar-refractivity contribution is 5.95. The maximum Gasteiger partial charge on any atom is 0.290 e. The molecule has 1 fully saturated rings. The van der Waals surface area contributed by atoms with Gasteiger partial charge in [0.15, 0.2) is 0 Å². The van der Waals surface area contributed by atoms with Crippen LogP contribution in [0, 0.1) is 0 Å². The summed E-state index contributed by atoms with van der Waals surface area (Å²) in [6, 6.07) is 7.16. The van der Waals surface area contributed by atoms with Gasteiger partial charge in [-0.05, 0) is 31.0 Å². The van der Waals surface area contributed by atoms with E-state index < -0.39 is 0 Å². The molecule has 5 heteroatoms. The van der Waals surface area contributed by atoms with Crippen molar-refractivity contribution in [3.63, 3.8) is 0 Å². The van der Waals surface area contributed by atoms with E-state index in [0.717, 1.165) is 25.9 Å². The zero-order valence-electron chi connectivity index (χ0n) is 9.50. The Kier molecular flexibility index (Phi) is 5.00. The summed E-state index contributed by atoms with van der Waals surface area (Å²) in [7, 11) is 0. The number of carboxylic acid groups (broad SMARTS) is 1. The van der Waals surface area contributed by atoms with E-state index in [2.05, 4.69) is 0 Å². The molecule has 92 valence electrons. The zero-order chi connectivity index (χ0) is 12.7. The van der Waals surface area contributed by atoms with Crippen molar-refractivity contribution in [1.29, 1.82) is 0 Å². The predicted octanol–water partition coefficient (Wildman–Crippen LogP) is 1.21.